The summed E-state index contributed by atoms with van der Waals surface area (Å²) in [6.45, 7) is 4.17. The first-order valence-corrected chi connectivity index (χ1v) is 17.9. The van der Waals surface area contributed by atoms with E-state index in [1.54, 1.807) is 12.1 Å². The van der Waals surface area contributed by atoms with E-state index in [2.05, 4.69) is 41.4 Å². The summed E-state index contributed by atoms with van der Waals surface area (Å²) in [5, 5.41) is 13.4. The van der Waals surface area contributed by atoms with Crippen molar-refractivity contribution in [1.29, 1.82) is 0 Å². The third-order valence-corrected chi connectivity index (χ3v) is 11.3. The maximum absolute atomic E-state index is 14.6. The van der Waals surface area contributed by atoms with E-state index in [1.165, 1.54) is 64.5 Å². The van der Waals surface area contributed by atoms with E-state index in [0.717, 1.165) is 46.7 Å². The molecule has 7 nitrogen and oxygen atoms in total. The first-order chi connectivity index (χ1) is 23.4. The molecule has 1 unspecified atom stereocenters. The van der Waals surface area contributed by atoms with Crippen molar-refractivity contribution in [2.24, 2.45) is 11.3 Å². The van der Waals surface area contributed by atoms with Gasteiger partial charge in [0.25, 0.3) is 5.91 Å². The molecule has 7 heteroatoms. The van der Waals surface area contributed by atoms with E-state index in [1.807, 2.05) is 42.5 Å². The Labute approximate surface area is 283 Å². The molecule has 1 aliphatic heterocycles. The number of aliphatic carboxylic acids is 1. The standard InChI is InChI=1S/C41H47N3O4/c1-2-35(28-12-6-3-7-13-28)43-40(47)38-33-17-16-32(48-27-37(45)46)25-36(33)42-39(29-14-8-4-9-15-29)34(38)24-30-26-41(30)20-18-31(19-21-41)44-22-10-5-11-23-44/h3-4,6-9,12-17,25,30-31,35H,2,5,10-11,18-24,26-27H2,1H3,(H,43,47)(H,45,46)/t30?,31?,35-,41?/m0/s1. The summed E-state index contributed by atoms with van der Waals surface area (Å²) in [5.41, 5.74) is 5.52. The predicted octanol–water partition coefficient (Wildman–Crippen LogP) is 8.22. The average Bonchev–Trinajstić information content (AvgIpc) is 3.80. The van der Waals surface area contributed by atoms with Gasteiger partial charge in [0, 0.05) is 23.1 Å². The second kappa shape index (κ2) is 14.1. The molecule has 2 N–H and O–H groups in total. The number of hydrogen-bond acceptors (Lipinski definition) is 5. The van der Waals surface area contributed by atoms with Gasteiger partial charge in [-0.3, -0.25) is 4.79 Å². The minimum absolute atomic E-state index is 0.104. The van der Waals surface area contributed by atoms with Crippen molar-refractivity contribution in [1.82, 2.24) is 15.2 Å². The van der Waals surface area contributed by atoms with E-state index in [4.69, 9.17) is 9.72 Å². The SMILES string of the molecule is CC[C@H](NC(=O)c1c(CC2CC23CCC(N2CCCCC2)CC3)c(-c2ccccc2)nc2cc(OCC(=O)O)ccc12)c1ccccc1. The molecule has 3 aromatic carbocycles. The van der Waals surface area contributed by atoms with Gasteiger partial charge in [0.1, 0.15) is 5.75 Å². The van der Waals surface area contributed by atoms with Crippen molar-refractivity contribution < 1.29 is 19.4 Å². The molecule has 3 aliphatic rings. The lowest BCUT2D eigenvalue weighted by Gasteiger charge is -2.39. The Bertz CT molecular complexity index is 1740. The van der Waals surface area contributed by atoms with E-state index in [0.29, 0.717) is 28.2 Å². The highest BCUT2D eigenvalue weighted by molar-refractivity contribution is 6.09. The van der Waals surface area contributed by atoms with Crippen LogP contribution in [0.5, 0.6) is 5.75 Å². The van der Waals surface area contributed by atoms with Crippen LogP contribution in [-0.4, -0.2) is 52.6 Å². The highest BCUT2D eigenvalue weighted by Crippen LogP contribution is 2.63. The van der Waals surface area contributed by atoms with Gasteiger partial charge in [0.15, 0.2) is 6.61 Å². The van der Waals surface area contributed by atoms with Crippen LogP contribution in [0.3, 0.4) is 0 Å². The van der Waals surface area contributed by atoms with Gasteiger partial charge in [-0.1, -0.05) is 74.0 Å². The van der Waals surface area contributed by atoms with E-state index in [9.17, 15) is 14.7 Å². The topological polar surface area (TPSA) is 91.8 Å². The number of ether oxygens (including phenoxy) is 1. The lowest BCUT2D eigenvalue weighted by molar-refractivity contribution is -0.139. The smallest absolute Gasteiger partial charge is 0.341 e. The Morgan fingerprint density at radius 1 is 0.979 bits per heavy atom. The van der Waals surface area contributed by atoms with Gasteiger partial charge in [-0.2, -0.15) is 0 Å². The van der Waals surface area contributed by atoms with Crippen molar-refractivity contribution in [3.63, 3.8) is 0 Å². The van der Waals surface area contributed by atoms with Crippen molar-refractivity contribution in [2.45, 2.75) is 83.2 Å². The number of nitrogens with zero attached hydrogens (tertiary/aromatic N) is 2. The molecular weight excluding hydrogens is 598 g/mol. The summed E-state index contributed by atoms with van der Waals surface area (Å²) in [5.74, 6) is -0.216. The fraction of sp³-hybridized carbons (Fsp3) is 0.439. The zero-order valence-corrected chi connectivity index (χ0v) is 28.0. The van der Waals surface area contributed by atoms with Gasteiger partial charge in [-0.05, 0) is 105 Å². The highest BCUT2D eigenvalue weighted by atomic mass is 16.5. The number of benzene rings is 3. The molecule has 7 rings (SSSR count). The van der Waals surface area contributed by atoms with Gasteiger partial charge in [-0.15, -0.1) is 0 Å². The zero-order valence-electron chi connectivity index (χ0n) is 28.0. The Balaban J connectivity index is 1.26. The number of carboxylic acids is 1. The van der Waals surface area contributed by atoms with Crippen molar-refractivity contribution in [3.05, 3.63) is 95.6 Å². The van der Waals surface area contributed by atoms with Crippen LogP contribution < -0.4 is 10.1 Å². The van der Waals surface area contributed by atoms with Crippen LogP contribution in [0.2, 0.25) is 0 Å². The van der Waals surface area contributed by atoms with Gasteiger partial charge < -0.3 is 20.1 Å². The fourth-order valence-corrected chi connectivity index (χ4v) is 8.55. The molecule has 48 heavy (non-hydrogen) atoms. The number of fused-ring (bicyclic) bond motifs is 1. The van der Waals surface area contributed by atoms with E-state index < -0.39 is 12.6 Å². The molecular formula is C41H47N3O4. The Hall–Kier alpha value is -4.23. The van der Waals surface area contributed by atoms with Crippen molar-refractivity contribution >= 4 is 22.8 Å². The number of aromatic nitrogens is 1. The first kappa shape index (κ1) is 32.3. The van der Waals surface area contributed by atoms with Crippen LogP contribution in [0, 0.1) is 11.3 Å². The summed E-state index contributed by atoms with van der Waals surface area (Å²) in [6.07, 6.45) is 11.9. The normalized spacial score (nSPS) is 23.1. The van der Waals surface area contributed by atoms with Gasteiger partial charge in [0.05, 0.1) is 22.8 Å². The molecule has 2 atom stereocenters. The van der Waals surface area contributed by atoms with Gasteiger partial charge >= 0.3 is 5.97 Å². The Kier molecular flexibility index (Phi) is 9.49. The minimum atomic E-state index is -1.04. The third kappa shape index (κ3) is 6.84. The maximum Gasteiger partial charge on any atom is 0.341 e. The number of likely N-dealkylation sites (tertiary alicyclic amines) is 1. The molecule has 2 saturated carbocycles. The summed E-state index contributed by atoms with van der Waals surface area (Å²) < 4.78 is 5.55. The number of pyridine rings is 1. The molecule has 0 radical (unpaired) electrons. The summed E-state index contributed by atoms with van der Waals surface area (Å²) in [6, 6.07) is 26.3. The highest BCUT2D eigenvalue weighted by Gasteiger charge is 2.55. The minimum Gasteiger partial charge on any atom is -0.482 e. The maximum atomic E-state index is 14.6. The van der Waals surface area contributed by atoms with Crippen molar-refractivity contribution in [2.75, 3.05) is 19.7 Å². The molecule has 3 fully saturated rings. The van der Waals surface area contributed by atoms with Crippen LogP contribution in [0.25, 0.3) is 22.2 Å². The Morgan fingerprint density at radius 3 is 2.38 bits per heavy atom. The third-order valence-electron chi connectivity index (χ3n) is 11.3. The molecule has 250 valence electrons. The second-order valence-electron chi connectivity index (χ2n) is 14.2. The molecule has 4 aromatic rings. The van der Waals surface area contributed by atoms with Gasteiger partial charge in [-0.25, -0.2) is 9.78 Å². The predicted molar refractivity (Wildman–Crippen MR) is 189 cm³/mol. The molecule has 1 spiro atoms. The molecule has 1 saturated heterocycles. The summed E-state index contributed by atoms with van der Waals surface area (Å²) in [7, 11) is 0. The average molecular weight is 646 g/mol. The molecule has 2 aliphatic carbocycles. The lowest BCUT2D eigenvalue weighted by Crippen LogP contribution is -2.41. The number of amides is 1. The summed E-state index contributed by atoms with van der Waals surface area (Å²) >= 11 is 0. The van der Waals surface area contributed by atoms with Gasteiger partial charge in [0.2, 0.25) is 0 Å². The van der Waals surface area contributed by atoms with E-state index >= 15 is 0 Å². The quantitative estimate of drug-likeness (QED) is 0.171. The van der Waals surface area contributed by atoms with Crippen molar-refractivity contribution in [3.8, 4) is 17.0 Å². The lowest BCUT2D eigenvalue weighted by atomic mass is 9.79. The van der Waals surface area contributed by atoms with Crippen LogP contribution in [-0.2, 0) is 11.2 Å². The number of carboxylic acid groups (broad SMARTS) is 1. The number of carbonyl (C=O) groups is 2. The first-order valence-electron chi connectivity index (χ1n) is 17.9. The number of rotatable bonds is 11. The molecule has 0 bridgehead atoms. The monoisotopic (exact) mass is 645 g/mol. The second-order valence-corrected chi connectivity index (χ2v) is 14.2. The van der Waals surface area contributed by atoms with Crippen LogP contribution in [0.1, 0.15) is 92.2 Å². The summed E-state index contributed by atoms with van der Waals surface area (Å²) in [4.78, 5) is 33.9. The number of carbonyl (C=O) groups excluding carboxylic acids is 1. The molecule has 1 amide bonds. The van der Waals surface area contributed by atoms with E-state index in [-0.39, 0.29) is 11.9 Å². The number of hydrogen-bond donors (Lipinski definition) is 2. The zero-order chi connectivity index (χ0) is 33.1. The largest absolute Gasteiger partial charge is 0.482 e. The van der Waals surface area contributed by atoms with Crippen LogP contribution in [0.15, 0.2) is 78.9 Å². The fourth-order valence-electron chi connectivity index (χ4n) is 8.55. The molecule has 1 aromatic heterocycles. The molecule has 2 heterocycles. The Morgan fingerprint density at radius 2 is 1.69 bits per heavy atom. The number of piperidine rings is 1. The van der Waals surface area contributed by atoms with Crippen LogP contribution >= 0.6 is 0 Å². The van der Waals surface area contributed by atoms with Crippen LogP contribution in [0.4, 0.5) is 0 Å². The number of nitrogens with one attached hydrogen (secondary N) is 1.